The van der Waals surface area contributed by atoms with Crippen LogP contribution in [-0.2, 0) is 10.0 Å². The number of likely N-dealkylation sites (N-methyl/N-ethyl adjacent to an activating group) is 1. The minimum absolute atomic E-state index is 0.000940. The van der Waals surface area contributed by atoms with E-state index in [4.69, 9.17) is 5.11 Å². The molecule has 0 saturated heterocycles. The number of carbonyl (C=O) groups is 1. The van der Waals surface area contributed by atoms with Gasteiger partial charge >= 0.3 is 5.97 Å². The molecule has 0 radical (unpaired) electrons. The monoisotopic (exact) mass is 396 g/mol. The van der Waals surface area contributed by atoms with E-state index >= 15 is 0 Å². The number of benzene rings is 1. The van der Waals surface area contributed by atoms with Gasteiger partial charge in [0.1, 0.15) is 0 Å². The van der Waals surface area contributed by atoms with Crippen LogP contribution in [0.4, 0.5) is 0 Å². The van der Waals surface area contributed by atoms with Gasteiger partial charge in [0.05, 0.1) is 10.5 Å². The maximum atomic E-state index is 12.8. The van der Waals surface area contributed by atoms with Crippen LogP contribution >= 0.6 is 11.3 Å². The standard InChI is InChI=1S/C18H24N2O4S2/c1-4-20(5-2)16(15-8-9-25-12-15)11-19-26(23,24)17-10-14(18(21)22)7-6-13(17)3/h6-10,12,16,19H,4-5,11H2,1-3H3,(H,21,22). The van der Waals surface area contributed by atoms with Crippen molar-refractivity contribution in [2.45, 2.75) is 31.7 Å². The third-order valence-electron chi connectivity index (χ3n) is 4.37. The highest BCUT2D eigenvalue weighted by Gasteiger charge is 2.24. The first kappa shape index (κ1) is 20.6. The summed E-state index contributed by atoms with van der Waals surface area (Å²) in [5, 5.41) is 13.1. The largest absolute Gasteiger partial charge is 0.478 e. The summed E-state index contributed by atoms with van der Waals surface area (Å²) in [4.78, 5) is 13.3. The summed E-state index contributed by atoms with van der Waals surface area (Å²) in [6.07, 6.45) is 0. The molecule has 0 aliphatic carbocycles. The molecule has 2 aromatic rings. The second-order valence-electron chi connectivity index (χ2n) is 5.93. The van der Waals surface area contributed by atoms with E-state index in [2.05, 4.69) is 9.62 Å². The van der Waals surface area contributed by atoms with E-state index < -0.39 is 16.0 Å². The molecular weight excluding hydrogens is 372 g/mol. The zero-order valence-electron chi connectivity index (χ0n) is 15.1. The van der Waals surface area contributed by atoms with Crippen LogP contribution in [0.25, 0.3) is 0 Å². The summed E-state index contributed by atoms with van der Waals surface area (Å²) < 4.78 is 28.2. The number of aromatic carboxylic acids is 1. The SMILES string of the molecule is CCN(CC)C(CNS(=O)(=O)c1cc(C(=O)O)ccc1C)c1ccsc1. The summed E-state index contributed by atoms with van der Waals surface area (Å²) in [5.41, 5.74) is 1.53. The van der Waals surface area contributed by atoms with Crippen molar-refractivity contribution >= 4 is 27.3 Å². The Morgan fingerprint density at radius 2 is 1.96 bits per heavy atom. The van der Waals surface area contributed by atoms with Crippen molar-refractivity contribution in [3.8, 4) is 0 Å². The van der Waals surface area contributed by atoms with Crippen molar-refractivity contribution in [2.75, 3.05) is 19.6 Å². The Morgan fingerprint density at radius 3 is 2.50 bits per heavy atom. The third-order valence-corrected chi connectivity index (χ3v) is 6.64. The first-order chi connectivity index (χ1) is 12.3. The lowest BCUT2D eigenvalue weighted by Crippen LogP contribution is -2.38. The van der Waals surface area contributed by atoms with Gasteiger partial charge in [0, 0.05) is 12.6 Å². The number of nitrogens with zero attached hydrogens (tertiary/aromatic N) is 1. The fraction of sp³-hybridized carbons (Fsp3) is 0.389. The molecule has 2 rings (SSSR count). The number of thiophene rings is 1. The van der Waals surface area contributed by atoms with Gasteiger partial charge < -0.3 is 5.11 Å². The van der Waals surface area contributed by atoms with E-state index in [0.717, 1.165) is 18.7 Å². The van der Waals surface area contributed by atoms with E-state index in [1.807, 2.05) is 30.7 Å². The van der Waals surface area contributed by atoms with Gasteiger partial charge in [0.15, 0.2) is 0 Å². The predicted molar refractivity (Wildman–Crippen MR) is 103 cm³/mol. The van der Waals surface area contributed by atoms with E-state index in [1.165, 1.54) is 18.2 Å². The molecule has 26 heavy (non-hydrogen) atoms. The number of nitrogens with one attached hydrogen (secondary N) is 1. The van der Waals surface area contributed by atoms with Crippen molar-refractivity contribution < 1.29 is 18.3 Å². The number of rotatable bonds is 9. The topological polar surface area (TPSA) is 86.7 Å². The van der Waals surface area contributed by atoms with Crippen LogP contribution in [0, 0.1) is 6.92 Å². The Hall–Kier alpha value is -1.74. The minimum atomic E-state index is -3.82. The molecule has 142 valence electrons. The Morgan fingerprint density at radius 1 is 1.27 bits per heavy atom. The number of hydrogen-bond acceptors (Lipinski definition) is 5. The molecule has 0 fully saturated rings. The van der Waals surface area contributed by atoms with Crippen molar-refractivity contribution in [3.63, 3.8) is 0 Å². The van der Waals surface area contributed by atoms with Gasteiger partial charge in [-0.3, -0.25) is 4.90 Å². The molecule has 1 aromatic heterocycles. The molecule has 0 amide bonds. The summed E-state index contributed by atoms with van der Waals surface area (Å²) in [5.74, 6) is -1.15. The molecule has 0 saturated carbocycles. The van der Waals surface area contributed by atoms with Crippen LogP contribution in [0.15, 0.2) is 39.9 Å². The number of hydrogen-bond donors (Lipinski definition) is 2. The minimum Gasteiger partial charge on any atom is -0.478 e. The van der Waals surface area contributed by atoms with Crippen molar-refractivity contribution in [2.24, 2.45) is 0 Å². The van der Waals surface area contributed by atoms with Gasteiger partial charge in [-0.2, -0.15) is 11.3 Å². The number of sulfonamides is 1. The molecule has 1 aromatic carbocycles. The van der Waals surface area contributed by atoms with Crippen LogP contribution in [0.3, 0.4) is 0 Å². The fourth-order valence-electron chi connectivity index (χ4n) is 2.88. The lowest BCUT2D eigenvalue weighted by atomic mass is 10.1. The van der Waals surface area contributed by atoms with Gasteiger partial charge in [-0.05, 0) is 60.1 Å². The van der Waals surface area contributed by atoms with Gasteiger partial charge in [-0.15, -0.1) is 0 Å². The maximum Gasteiger partial charge on any atom is 0.335 e. The Balaban J connectivity index is 2.28. The van der Waals surface area contributed by atoms with Crippen LogP contribution < -0.4 is 4.72 Å². The molecule has 0 bridgehead atoms. The van der Waals surface area contributed by atoms with Crippen LogP contribution in [0.1, 0.15) is 41.4 Å². The molecule has 1 atom stereocenters. The Bertz CT molecular complexity index is 844. The molecule has 6 nitrogen and oxygen atoms in total. The van der Waals surface area contributed by atoms with Gasteiger partial charge in [0.2, 0.25) is 10.0 Å². The van der Waals surface area contributed by atoms with E-state index in [1.54, 1.807) is 18.3 Å². The lowest BCUT2D eigenvalue weighted by Gasteiger charge is -2.29. The first-order valence-electron chi connectivity index (χ1n) is 8.39. The number of aryl methyl sites for hydroxylation is 1. The highest BCUT2D eigenvalue weighted by Crippen LogP contribution is 2.24. The van der Waals surface area contributed by atoms with Crippen LogP contribution in [0.2, 0.25) is 0 Å². The highest BCUT2D eigenvalue weighted by molar-refractivity contribution is 7.89. The quantitative estimate of drug-likeness (QED) is 0.680. The first-order valence-corrected chi connectivity index (χ1v) is 10.8. The van der Waals surface area contributed by atoms with Gasteiger partial charge in [-0.1, -0.05) is 19.9 Å². The van der Waals surface area contributed by atoms with Crippen LogP contribution in [0.5, 0.6) is 0 Å². The zero-order valence-corrected chi connectivity index (χ0v) is 16.7. The molecule has 1 unspecified atom stereocenters. The second kappa shape index (κ2) is 8.77. The zero-order chi connectivity index (χ0) is 19.3. The Kier molecular flexibility index (Phi) is 6.94. The molecule has 1 heterocycles. The van der Waals surface area contributed by atoms with Crippen LogP contribution in [-0.4, -0.2) is 44.0 Å². The normalized spacial score (nSPS) is 13.1. The average molecular weight is 397 g/mol. The molecule has 8 heteroatoms. The van der Waals surface area contributed by atoms with E-state index in [9.17, 15) is 13.2 Å². The van der Waals surface area contributed by atoms with E-state index in [0.29, 0.717) is 5.56 Å². The Labute approximate surface area is 158 Å². The number of carboxylic acids is 1. The molecule has 0 spiro atoms. The summed E-state index contributed by atoms with van der Waals surface area (Å²) in [6, 6.07) is 6.04. The van der Waals surface area contributed by atoms with Crippen molar-refractivity contribution in [1.29, 1.82) is 0 Å². The lowest BCUT2D eigenvalue weighted by molar-refractivity contribution is 0.0696. The van der Waals surface area contributed by atoms with Crippen molar-refractivity contribution in [3.05, 3.63) is 51.7 Å². The molecular formula is C18H24N2O4S2. The molecule has 0 aliphatic rings. The smallest absolute Gasteiger partial charge is 0.335 e. The van der Waals surface area contributed by atoms with Crippen molar-refractivity contribution in [1.82, 2.24) is 9.62 Å². The third kappa shape index (κ3) is 4.70. The molecule has 0 aliphatic heterocycles. The fourth-order valence-corrected chi connectivity index (χ4v) is 4.89. The summed E-state index contributed by atoms with van der Waals surface area (Å²) >= 11 is 1.57. The summed E-state index contributed by atoms with van der Waals surface area (Å²) in [6.45, 7) is 7.55. The summed E-state index contributed by atoms with van der Waals surface area (Å²) in [7, 11) is -3.82. The van der Waals surface area contributed by atoms with E-state index in [-0.39, 0.29) is 23.0 Å². The van der Waals surface area contributed by atoms with Gasteiger partial charge in [0.25, 0.3) is 0 Å². The average Bonchev–Trinajstić information content (AvgIpc) is 3.12. The van der Waals surface area contributed by atoms with Gasteiger partial charge in [-0.25, -0.2) is 17.9 Å². The number of carboxylic acid groups (broad SMARTS) is 1. The predicted octanol–water partition coefficient (Wildman–Crippen LogP) is 3.12. The maximum absolute atomic E-state index is 12.8. The second-order valence-corrected chi connectivity index (χ2v) is 8.45. The highest BCUT2D eigenvalue weighted by atomic mass is 32.2. The molecule has 2 N–H and O–H groups in total.